The monoisotopic (exact) mass is 252 g/mol. The van der Waals surface area contributed by atoms with Crippen LogP contribution in [0.1, 0.15) is 50.8 Å². The Kier molecular flexibility index (Phi) is 4.60. The standard InChI is InChI=1S/C13H24N4O/c1-3-17-13(12(18-2)9-15-17)11(16-14)8-10-6-4-5-7-10/h9-11,16H,3-8,14H2,1-2H3. The lowest BCUT2D eigenvalue weighted by Crippen LogP contribution is -2.31. The maximum Gasteiger partial charge on any atom is 0.161 e. The van der Waals surface area contributed by atoms with Gasteiger partial charge >= 0.3 is 0 Å². The molecule has 102 valence electrons. The van der Waals surface area contributed by atoms with Gasteiger partial charge in [0.1, 0.15) is 0 Å². The zero-order valence-corrected chi connectivity index (χ0v) is 11.4. The summed E-state index contributed by atoms with van der Waals surface area (Å²) < 4.78 is 7.37. The molecule has 0 radical (unpaired) electrons. The molecule has 1 aromatic heterocycles. The number of nitrogens with zero attached hydrogens (tertiary/aromatic N) is 2. The zero-order chi connectivity index (χ0) is 13.0. The molecule has 0 aliphatic heterocycles. The van der Waals surface area contributed by atoms with Crippen LogP contribution in [0.3, 0.4) is 0 Å². The van der Waals surface area contributed by atoms with Gasteiger partial charge in [0.2, 0.25) is 0 Å². The molecule has 5 nitrogen and oxygen atoms in total. The summed E-state index contributed by atoms with van der Waals surface area (Å²) >= 11 is 0. The van der Waals surface area contributed by atoms with Gasteiger partial charge < -0.3 is 4.74 Å². The molecule has 1 aromatic rings. The predicted molar refractivity (Wildman–Crippen MR) is 71.1 cm³/mol. The van der Waals surface area contributed by atoms with Crippen molar-refractivity contribution in [3.8, 4) is 5.75 Å². The fourth-order valence-electron chi connectivity index (χ4n) is 2.98. The summed E-state index contributed by atoms with van der Waals surface area (Å²) in [7, 11) is 1.68. The minimum absolute atomic E-state index is 0.130. The number of methoxy groups -OCH3 is 1. The third-order valence-corrected chi connectivity index (χ3v) is 3.94. The Bertz CT molecular complexity index is 350. The van der Waals surface area contributed by atoms with Crippen LogP contribution < -0.4 is 16.0 Å². The second-order valence-electron chi connectivity index (χ2n) is 5.02. The fourth-order valence-corrected chi connectivity index (χ4v) is 2.98. The minimum atomic E-state index is 0.130. The van der Waals surface area contributed by atoms with E-state index in [1.165, 1.54) is 25.7 Å². The van der Waals surface area contributed by atoms with Crippen molar-refractivity contribution in [2.24, 2.45) is 11.8 Å². The molecule has 1 unspecified atom stereocenters. The summed E-state index contributed by atoms with van der Waals surface area (Å²) in [6.07, 6.45) is 8.19. The van der Waals surface area contributed by atoms with Crippen molar-refractivity contribution in [1.82, 2.24) is 15.2 Å². The van der Waals surface area contributed by atoms with E-state index in [-0.39, 0.29) is 6.04 Å². The maximum atomic E-state index is 5.74. The Morgan fingerprint density at radius 2 is 2.28 bits per heavy atom. The number of hydrogen-bond acceptors (Lipinski definition) is 4. The Morgan fingerprint density at radius 1 is 1.56 bits per heavy atom. The van der Waals surface area contributed by atoms with Gasteiger partial charge in [-0.05, 0) is 19.3 Å². The van der Waals surface area contributed by atoms with Gasteiger partial charge in [0.25, 0.3) is 0 Å². The Labute approximate surface area is 109 Å². The third-order valence-electron chi connectivity index (χ3n) is 3.94. The molecule has 18 heavy (non-hydrogen) atoms. The highest BCUT2D eigenvalue weighted by molar-refractivity contribution is 5.28. The number of rotatable bonds is 6. The van der Waals surface area contributed by atoms with Crippen LogP contribution in [-0.4, -0.2) is 16.9 Å². The average molecular weight is 252 g/mol. The summed E-state index contributed by atoms with van der Waals surface area (Å²) in [5.41, 5.74) is 4.02. The first-order chi connectivity index (χ1) is 8.80. The molecule has 2 rings (SSSR count). The molecule has 0 saturated heterocycles. The number of nitrogens with one attached hydrogen (secondary N) is 1. The van der Waals surface area contributed by atoms with Crippen molar-refractivity contribution in [2.45, 2.75) is 51.6 Å². The van der Waals surface area contributed by atoms with Crippen LogP contribution in [0, 0.1) is 5.92 Å². The minimum Gasteiger partial charge on any atom is -0.493 e. The summed E-state index contributed by atoms with van der Waals surface area (Å²) in [6, 6.07) is 0.130. The van der Waals surface area contributed by atoms with Crippen LogP contribution >= 0.6 is 0 Å². The van der Waals surface area contributed by atoms with Crippen LogP contribution in [0.5, 0.6) is 5.75 Å². The third kappa shape index (κ3) is 2.67. The zero-order valence-electron chi connectivity index (χ0n) is 11.4. The highest BCUT2D eigenvalue weighted by atomic mass is 16.5. The van der Waals surface area contributed by atoms with E-state index in [0.717, 1.165) is 30.3 Å². The molecule has 1 saturated carbocycles. The smallest absolute Gasteiger partial charge is 0.161 e. The van der Waals surface area contributed by atoms with E-state index < -0.39 is 0 Å². The van der Waals surface area contributed by atoms with E-state index in [0.29, 0.717) is 0 Å². The summed E-state index contributed by atoms with van der Waals surface area (Å²) in [5.74, 6) is 7.35. The van der Waals surface area contributed by atoms with Gasteiger partial charge in [-0.2, -0.15) is 5.10 Å². The largest absolute Gasteiger partial charge is 0.493 e. The van der Waals surface area contributed by atoms with Gasteiger partial charge in [0, 0.05) is 6.54 Å². The number of nitrogens with two attached hydrogens (primary N) is 1. The van der Waals surface area contributed by atoms with E-state index in [1.807, 2.05) is 4.68 Å². The topological polar surface area (TPSA) is 65.1 Å². The van der Waals surface area contributed by atoms with Crippen molar-refractivity contribution in [1.29, 1.82) is 0 Å². The van der Waals surface area contributed by atoms with E-state index in [4.69, 9.17) is 10.6 Å². The van der Waals surface area contributed by atoms with Gasteiger partial charge in [-0.3, -0.25) is 16.0 Å². The van der Waals surface area contributed by atoms with Gasteiger partial charge in [-0.25, -0.2) is 0 Å². The Balaban J connectivity index is 2.16. The van der Waals surface area contributed by atoms with Crippen molar-refractivity contribution < 1.29 is 4.74 Å². The fraction of sp³-hybridized carbons (Fsp3) is 0.769. The molecule has 0 bridgehead atoms. The van der Waals surface area contributed by atoms with Crippen LogP contribution in [0.15, 0.2) is 6.20 Å². The Hall–Kier alpha value is -1.07. The summed E-state index contributed by atoms with van der Waals surface area (Å²) in [5, 5.41) is 4.34. The molecule has 1 aliphatic carbocycles. The summed E-state index contributed by atoms with van der Waals surface area (Å²) in [6.45, 7) is 2.92. The first-order valence-electron chi connectivity index (χ1n) is 6.86. The van der Waals surface area contributed by atoms with Gasteiger partial charge in [-0.1, -0.05) is 25.7 Å². The molecule has 5 heteroatoms. The molecule has 1 atom stereocenters. The number of ether oxygens (including phenoxy) is 1. The maximum absolute atomic E-state index is 5.74. The molecular formula is C13H24N4O. The number of hydrazine groups is 1. The average Bonchev–Trinajstić information content (AvgIpc) is 3.04. The second kappa shape index (κ2) is 6.20. The molecule has 3 N–H and O–H groups in total. The first-order valence-corrected chi connectivity index (χ1v) is 6.86. The first kappa shape index (κ1) is 13.4. The lowest BCUT2D eigenvalue weighted by atomic mass is 9.96. The van der Waals surface area contributed by atoms with E-state index >= 15 is 0 Å². The predicted octanol–water partition coefficient (Wildman–Crippen LogP) is 2.00. The molecule has 0 amide bonds. The number of hydrogen-bond donors (Lipinski definition) is 2. The van der Waals surface area contributed by atoms with Crippen LogP contribution in [0.2, 0.25) is 0 Å². The normalized spacial score (nSPS) is 18.2. The van der Waals surface area contributed by atoms with E-state index in [9.17, 15) is 0 Å². The highest BCUT2D eigenvalue weighted by Gasteiger charge is 2.25. The summed E-state index contributed by atoms with van der Waals surface area (Å²) in [4.78, 5) is 0. The van der Waals surface area contributed by atoms with Gasteiger partial charge in [-0.15, -0.1) is 0 Å². The molecule has 1 aliphatic rings. The highest BCUT2D eigenvalue weighted by Crippen LogP contribution is 2.35. The number of aromatic nitrogens is 2. The SMILES string of the molecule is CCn1ncc(OC)c1C(CC1CCCC1)NN. The molecular weight excluding hydrogens is 228 g/mol. The van der Waals surface area contributed by atoms with Crippen LogP contribution in [0.4, 0.5) is 0 Å². The van der Waals surface area contributed by atoms with Crippen LogP contribution in [0.25, 0.3) is 0 Å². The van der Waals surface area contributed by atoms with Gasteiger partial charge in [0.05, 0.1) is 25.0 Å². The Morgan fingerprint density at radius 3 is 2.83 bits per heavy atom. The lowest BCUT2D eigenvalue weighted by molar-refractivity contribution is 0.355. The molecule has 0 spiro atoms. The lowest BCUT2D eigenvalue weighted by Gasteiger charge is -2.21. The number of aryl methyl sites for hydroxylation is 1. The molecule has 0 aromatic carbocycles. The van der Waals surface area contributed by atoms with E-state index in [2.05, 4.69) is 17.4 Å². The van der Waals surface area contributed by atoms with Crippen LogP contribution in [-0.2, 0) is 6.54 Å². The van der Waals surface area contributed by atoms with Crippen molar-refractivity contribution in [3.05, 3.63) is 11.9 Å². The molecule has 1 heterocycles. The van der Waals surface area contributed by atoms with Crippen molar-refractivity contribution >= 4 is 0 Å². The second-order valence-corrected chi connectivity index (χ2v) is 5.02. The van der Waals surface area contributed by atoms with Crippen molar-refractivity contribution in [3.63, 3.8) is 0 Å². The van der Waals surface area contributed by atoms with E-state index in [1.54, 1.807) is 13.3 Å². The van der Waals surface area contributed by atoms with Crippen molar-refractivity contribution in [2.75, 3.05) is 7.11 Å². The van der Waals surface area contributed by atoms with Gasteiger partial charge in [0.15, 0.2) is 5.75 Å². The quantitative estimate of drug-likeness (QED) is 0.600. The molecule has 1 fully saturated rings.